The topological polar surface area (TPSA) is 135 Å². The van der Waals surface area contributed by atoms with Crippen LogP contribution >= 0.6 is 0 Å². The van der Waals surface area contributed by atoms with Crippen LogP contribution in [0.4, 0.5) is 0 Å². The summed E-state index contributed by atoms with van der Waals surface area (Å²) in [5.41, 5.74) is 1.27. The number of sulfonamides is 1. The number of likely N-dealkylation sites (N-methyl/N-ethyl adjacent to an activating group) is 1. The molecule has 0 spiro atoms. The maximum absolute atomic E-state index is 13.4. The van der Waals surface area contributed by atoms with Crippen molar-refractivity contribution < 1.29 is 42.1 Å². The summed E-state index contributed by atoms with van der Waals surface area (Å²) in [6.45, 7) is 2.07. The molecule has 0 aromatic heterocycles. The Morgan fingerprint density at radius 3 is 2.28 bits per heavy atom. The number of esters is 1. The average molecular weight is 618 g/mol. The summed E-state index contributed by atoms with van der Waals surface area (Å²) in [5.74, 6) is -0.246. The van der Waals surface area contributed by atoms with E-state index >= 15 is 0 Å². The van der Waals surface area contributed by atoms with Gasteiger partial charge in [-0.2, -0.15) is 4.31 Å². The van der Waals surface area contributed by atoms with Crippen LogP contribution in [0.15, 0.2) is 65.3 Å². The number of aliphatic hydroxyl groups is 1. The number of benzene rings is 2. The van der Waals surface area contributed by atoms with E-state index in [9.17, 15) is 23.1 Å². The molecule has 1 N–H and O–H groups in total. The Kier molecular flexibility index (Phi) is 11.2. The predicted molar refractivity (Wildman–Crippen MR) is 157 cm³/mol. The fourth-order valence-corrected chi connectivity index (χ4v) is 6.35. The van der Waals surface area contributed by atoms with Gasteiger partial charge >= 0.3 is 5.97 Å². The highest BCUT2D eigenvalue weighted by Crippen LogP contribution is 2.32. The van der Waals surface area contributed by atoms with E-state index in [1.807, 2.05) is 7.05 Å². The van der Waals surface area contributed by atoms with E-state index < -0.39 is 22.3 Å². The summed E-state index contributed by atoms with van der Waals surface area (Å²) in [7, 11) is 0.899. The largest absolute Gasteiger partial charge is 0.497 e. The molecule has 2 aromatic carbocycles. The van der Waals surface area contributed by atoms with E-state index in [0.717, 1.165) is 23.0 Å². The molecule has 1 amide bonds. The molecule has 2 atom stereocenters. The molecule has 12 nitrogen and oxygen atoms in total. The van der Waals surface area contributed by atoms with Gasteiger partial charge in [-0.05, 0) is 55.1 Å². The van der Waals surface area contributed by atoms with Crippen LogP contribution in [0.5, 0.6) is 5.75 Å². The number of aliphatic hydroxyl groups excluding tert-OH is 1. The predicted octanol–water partition coefficient (Wildman–Crippen LogP) is 1.67. The van der Waals surface area contributed by atoms with Crippen molar-refractivity contribution >= 4 is 21.9 Å². The molecule has 234 valence electrons. The number of amides is 1. The van der Waals surface area contributed by atoms with Gasteiger partial charge < -0.3 is 33.9 Å². The third-order valence-electron chi connectivity index (χ3n) is 7.51. The number of carbonyl (C=O) groups excluding carboxylic acids is 2. The molecule has 13 heteroatoms. The standard InChI is InChI=1S/C30H39N3O9S/c1-31-12-14-32(15-13-31)29(35)27-20-24(22-4-6-23(7-5-22)30(36)40-3)21-28(42-27)41-19-17-33(16-18-34)43(37,38)26-10-8-25(39-2)9-11-26/h4-11,20,24,28,34H,12-19,21H2,1-3H3/t24-,28+/m0/s1. The molecule has 1 saturated heterocycles. The van der Waals surface area contributed by atoms with Crippen LogP contribution in [0.1, 0.15) is 28.3 Å². The second-order valence-corrected chi connectivity index (χ2v) is 12.2. The summed E-state index contributed by atoms with van der Waals surface area (Å²) < 4.78 is 49.6. The minimum atomic E-state index is -3.92. The molecule has 0 unspecified atom stereocenters. The molecule has 2 heterocycles. The number of hydrogen-bond acceptors (Lipinski definition) is 10. The van der Waals surface area contributed by atoms with Crippen molar-refractivity contribution in [1.82, 2.24) is 14.1 Å². The van der Waals surface area contributed by atoms with Gasteiger partial charge in [0.1, 0.15) is 5.75 Å². The van der Waals surface area contributed by atoms with Crippen molar-refractivity contribution in [2.45, 2.75) is 23.5 Å². The Bertz CT molecular complexity index is 1370. The lowest BCUT2D eigenvalue weighted by molar-refractivity contribution is -0.153. The Balaban J connectivity index is 1.49. The zero-order chi connectivity index (χ0) is 31.0. The molecule has 2 aromatic rings. The quantitative estimate of drug-likeness (QED) is 0.351. The SMILES string of the molecule is COC(=O)c1ccc([C@H]2C=C(C(=O)N3CCN(C)CC3)O[C@@H](OCCN(CCO)S(=O)(=O)c3ccc(OC)cc3)C2)cc1. The highest BCUT2D eigenvalue weighted by Gasteiger charge is 2.33. The molecule has 4 rings (SSSR count). The first-order chi connectivity index (χ1) is 20.7. The molecule has 0 aliphatic carbocycles. The maximum atomic E-state index is 13.4. The van der Waals surface area contributed by atoms with Crippen LogP contribution in [-0.4, -0.2) is 120 Å². The van der Waals surface area contributed by atoms with Gasteiger partial charge in [0.25, 0.3) is 5.91 Å². The summed E-state index contributed by atoms with van der Waals surface area (Å²) in [5, 5.41) is 9.57. The summed E-state index contributed by atoms with van der Waals surface area (Å²) in [6, 6.07) is 12.9. The number of allylic oxidation sites excluding steroid dienone is 1. The third kappa shape index (κ3) is 8.12. The Morgan fingerprint density at radius 1 is 1.00 bits per heavy atom. The highest BCUT2D eigenvalue weighted by atomic mass is 32.2. The average Bonchev–Trinajstić information content (AvgIpc) is 3.04. The van der Waals surface area contributed by atoms with E-state index in [2.05, 4.69) is 4.90 Å². The van der Waals surface area contributed by atoms with Gasteiger partial charge in [-0.25, -0.2) is 13.2 Å². The number of piperazine rings is 1. The zero-order valence-electron chi connectivity index (χ0n) is 24.7. The number of nitrogens with zero attached hydrogens (tertiary/aromatic N) is 3. The van der Waals surface area contributed by atoms with Gasteiger partial charge in [-0.3, -0.25) is 4.79 Å². The maximum Gasteiger partial charge on any atom is 0.337 e. The second kappa shape index (κ2) is 14.8. The van der Waals surface area contributed by atoms with E-state index in [1.54, 1.807) is 47.4 Å². The van der Waals surface area contributed by atoms with Crippen LogP contribution in [0.3, 0.4) is 0 Å². The van der Waals surface area contributed by atoms with Crippen molar-refractivity contribution in [3.8, 4) is 5.75 Å². The molecule has 0 saturated carbocycles. The van der Waals surface area contributed by atoms with Gasteiger partial charge in [0, 0.05) is 51.6 Å². The van der Waals surface area contributed by atoms with E-state index in [0.29, 0.717) is 30.8 Å². The minimum Gasteiger partial charge on any atom is -0.497 e. The fourth-order valence-electron chi connectivity index (χ4n) is 4.94. The molecule has 2 aliphatic rings. The Hall–Kier alpha value is -3.49. The molecule has 43 heavy (non-hydrogen) atoms. The van der Waals surface area contributed by atoms with Crippen LogP contribution in [-0.2, 0) is 29.0 Å². The van der Waals surface area contributed by atoms with Crippen molar-refractivity contribution in [1.29, 1.82) is 0 Å². The smallest absolute Gasteiger partial charge is 0.337 e. The van der Waals surface area contributed by atoms with Gasteiger partial charge in [-0.15, -0.1) is 0 Å². The lowest BCUT2D eigenvalue weighted by atomic mass is 9.92. The molecule has 0 bridgehead atoms. The van der Waals surface area contributed by atoms with Crippen LogP contribution in [0.2, 0.25) is 0 Å². The number of hydrogen-bond donors (Lipinski definition) is 1. The van der Waals surface area contributed by atoms with E-state index in [-0.39, 0.29) is 48.8 Å². The molecule has 2 aliphatic heterocycles. The summed E-state index contributed by atoms with van der Waals surface area (Å²) >= 11 is 0. The normalized spacial score (nSPS) is 19.5. The molecular weight excluding hydrogens is 578 g/mol. The Labute approximate surface area is 252 Å². The number of methoxy groups -OCH3 is 2. The van der Waals surface area contributed by atoms with Crippen molar-refractivity contribution in [2.75, 3.05) is 73.7 Å². The number of carbonyl (C=O) groups is 2. The number of ether oxygens (including phenoxy) is 4. The fraction of sp³-hybridized carbons (Fsp3) is 0.467. The summed E-state index contributed by atoms with van der Waals surface area (Å²) in [6.07, 6.45) is 1.31. The first kappa shape index (κ1) is 32.4. The monoisotopic (exact) mass is 617 g/mol. The van der Waals surface area contributed by atoms with Gasteiger partial charge in [-0.1, -0.05) is 12.1 Å². The third-order valence-corrected chi connectivity index (χ3v) is 9.42. The number of rotatable bonds is 12. The second-order valence-electron chi connectivity index (χ2n) is 10.3. The molecular formula is C30H39N3O9S. The lowest BCUT2D eigenvalue weighted by Gasteiger charge is -2.35. The van der Waals surface area contributed by atoms with Gasteiger partial charge in [0.15, 0.2) is 5.76 Å². The first-order valence-corrected chi connectivity index (χ1v) is 15.5. The Morgan fingerprint density at radius 2 is 1.67 bits per heavy atom. The van der Waals surface area contributed by atoms with Gasteiger partial charge in [0.2, 0.25) is 16.3 Å². The van der Waals surface area contributed by atoms with E-state index in [1.165, 1.54) is 26.4 Å². The van der Waals surface area contributed by atoms with Crippen molar-refractivity contribution in [3.05, 3.63) is 71.5 Å². The highest BCUT2D eigenvalue weighted by molar-refractivity contribution is 7.89. The summed E-state index contributed by atoms with van der Waals surface area (Å²) in [4.78, 5) is 29.3. The van der Waals surface area contributed by atoms with Crippen molar-refractivity contribution in [2.24, 2.45) is 0 Å². The molecule has 1 fully saturated rings. The van der Waals surface area contributed by atoms with E-state index in [4.69, 9.17) is 18.9 Å². The minimum absolute atomic E-state index is 0.0377. The van der Waals surface area contributed by atoms with Crippen LogP contribution in [0, 0.1) is 0 Å². The van der Waals surface area contributed by atoms with Crippen LogP contribution in [0.25, 0.3) is 0 Å². The first-order valence-electron chi connectivity index (χ1n) is 14.1. The zero-order valence-corrected chi connectivity index (χ0v) is 25.5. The van der Waals surface area contributed by atoms with Crippen LogP contribution < -0.4 is 4.74 Å². The van der Waals surface area contributed by atoms with Gasteiger partial charge in [0.05, 0.1) is 37.9 Å². The molecule has 0 radical (unpaired) electrons. The van der Waals surface area contributed by atoms with Crippen molar-refractivity contribution in [3.63, 3.8) is 0 Å². The lowest BCUT2D eigenvalue weighted by Crippen LogP contribution is -2.48.